The maximum atomic E-state index is 11.9. The number of carbonyl (C=O) groups excluding carboxylic acids is 1. The van der Waals surface area contributed by atoms with Gasteiger partial charge < -0.3 is 15.2 Å². The number of rotatable bonds is 6. The number of hydrogen-bond acceptors (Lipinski definition) is 3. The maximum absolute atomic E-state index is 11.9. The number of nitrogens with zero attached hydrogens (tertiary/aromatic N) is 1. The van der Waals surface area contributed by atoms with E-state index in [0.29, 0.717) is 24.4 Å². The van der Waals surface area contributed by atoms with E-state index < -0.39 is 11.9 Å². The molecule has 1 unspecified atom stereocenters. The number of carboxylic acids is 1. The molecule has 0 spiro atoms. The zero-order chi connectivity index (χ0) is 15.1. The minimum Gasteiger partial charge on any atom is -0.497 e. The summed E-state index contributed by atoms with van der Waals surface area (Å²) in [6.45, 7) is 1.93. The summed E-state index contributed by atoms with van der Waals surface area (Å²) in [6.07, 6.45) is 0.396. The molecule has 0 aliphatic rings. The monoisotopic (exact) mass is 280 g/mol. The molecule has 1 atom stereocenters. The molecule has 0 saturated heterocycles. The normalized spacial score (nSPS) is 11.6. The van der Waals surface area contributed by atoms with Crippen molar-refractivity contribution >= 4 is 17.7 Å². The van der Waals surface area contributed by atoms with Crippen LogP contribution in [0.4, 0.5) is 10.5 Å². The number of carbonyl (C=O) groups is 2. The van der Waals surface area contributed by atoms with Crippen LogP contribution in [-0.4, -0.2) is 37.8 Å². The van der Waals surface area contributed by atoms with Crippen LogP contribution in [0.3, 0.4) is 0 Å². The molecule has 6 heteroatoms. The molecule has 20 heavy (non-hydrogen) atoms. The Bertz CT molecular complexity index is 476. The van der Waals surface area contributed by atoms with Crippen molar-refractivity contribution in [1.29, 1.82) is 0 Å². The van der Waals surface area contributed by atoms with Crippen LogP contribution in [0.25, 0.3) is 0 Å². The lowest BCUT2D eigenvalue weighted by Crippen LogP contribution is -2.38. The maximum Gasteiger partial charge on any atom is 0.321 e. The molecule has 0 fully saturated rings. The number of benzene rings is 1. The minimum absolute atomic E-state index is 0.282. The number of methoxy groups -OCH3 is 1. The first-order valence-corrected chi connectivity index (χ1v) is 6.34. The second-order valence-electron chi connectivity index (χ2n) is 4.52. The first-order chi connectivity index (χ1) is 9.45. The van der Waals surface area contributed by atoms with Gasteiger partial charge in [0.05, 0.1) is 13.0 Å². The lowest BCUT2D eigenvalue weighted by atomic mass is 10.1. The fourth-order valence-electron chi connectivity index (χ4n) is 1.57. The number of aliphatic carboxylic acids is 1. The summed E-state index contributed by atoms with van der Waals surface area (Å²) in [6, 6.07) is 6.85. The van der Waals surface area contributed by atoms with Crippen LogP contribution in [0.1, 0.15) is 13.3 Å². The molecule has 0 radical (unpaired) electrons. The molecule has 0 heterocycles. The van der Waals surface area contributed by atoms with Crippen LogP contribution in [0, 0.1) is 5.92 Å². The summed E-state index contributed by atoms with van der Waals surface area (Å²) in [5.74, 6) is -0.667. The van der Waals surface area contributed by atoms with Crippen LogP contribution in [0.15, 0.2) is 24.3 Å². The number of nitrogens with one attached hydrogen (secondary N) is 1. The van der Waals surface area contributed by atoms with Crippen molar-refractivity contribution in [2.24, 2.45) is 5.92 Å². The Kier molecular flexibility index (Phi) is 5.83. The number of carboxylic acid groups (broad SMARTS) is 1. The van der Waals surface area contributed by atoms with E-state index >= 15 is 0 Å². The van der Waals surface area contributed by atoms with E-state index in [9.17, 15) is 9.59 Å². The van der Waals surface area contributed by atoms with E-state index in [1.807, 2.05) is 0 Å². The number of amides is 2. The largest absolute Gasteiger partial charge is 0.497 e. The molecule has 6 nitrogen and oxygen atoms in total. The van der Waals surface area contributed by atoms with Crippen LogP contribution in [-0.2, 0) is 4.79 Å². The van der Waals surface area contributed by atoms with E-state index in [1.54, 1.807) is 45.3 Å². The van der Waals surface area contributed by atoms with Crippen molar-refractivity contribution in [2.75, 3.05) is 25.6 Å². The van der Waals surface area contributed by atoms with Crippen LogP contribution in [0.5, 0.6) is 5.75 Å². The third-order valence-corrected chi connectivity index (χ3v) is 3.02. The Hall–Kier alpha value is -2.24. The molecular weight excluding hydrogens is 260 g/mol. The number of urea groups is 1. The highest BCUT2D eigenvalue weighted by Gasteiger charge is 2.13. The highest BCUT2D eigenvalue weighted by Crippen LogP contribution is 2.19. The summed E-state index contributed by atoms with van der Waals surface area (Å²) < 4.78 is 5.10. The Morgan fingerprint density at radius 3 is 2.75 bits per heavy atom. The molecule has 1 aromatic carbocycles. The summed E-state index contributed by atoms with van der Waals surface area (Å²) in [4.78, 5) is 24.0. The number of hydrogen-bond donors (Lipinski definition) is 2. The Balaban J connectivity index is 2.52. The lowest BCUT2D eigenvalue weighted by Gasteiger charge is -2.19. The fourth-order valence-corrected chi connectivity index (χ4v) is 1.57. The van der Waals surface area contributed by atoms with Gasteiger partial charge in [0.1, 0.15) is 5.75 Å². The van der Waals surface area contributed by atoms with Crippen molar-refractivity contribution in [3.8, 4) is 5.75 Å². The predicted molar refractivity (Wildman–Crippen MR) is 76.2 cm³/mol. The predicted octanol–water partition coefficient (Wildman–Crippen LogP) is 1.95. The van der Waals surface area contributed by atoms with E-state index in [2.05, 4.69) is 5.32 Å². The zero-order valence-electron chi connectivity index (χ0n) is 11.9. The summed E-state index contributed by atoms with van der Waals surface area (Å²) >= 11 is 0. The van der Waals surface area contributed by atoms with Crippen molar-refractivity contribution in [3.05, 3.63) is 24.3 Å². The third-order valence-electron chi connectivity index (χ3n) is 3.02. The van der Waals surface area contributed by atoms with Crippen molar-refractivity contribution in [2.45, 2.75) is 13.3 Å². The highest BCUT2D eigenvalue weighted by molar-refractivity contribution is 5.91. The molecule has 0 aliphatic carbocycles. The van der Waals surface area contributed by atoms with Gasteiger partial charge >= 0.3 is 12.0 Å². The minimum atomic E-state index is -0.861. The van der Waals surface area contributed by atoms with E-state index in [0.717, 1.165) is 0 Å². The third kappa shape index (κ3) is 4.46. The SMILES string of the molecule is COc1cccc(N(C)C(=O)NCCC(C)C(=O)O)c1. The molecular formula is C14H20N2O4. The average Bonchev–Trinajstić information content (AvgIpc) is 2.46. The van der Waals surface area contributed by atoms with E-state index in [-0.39, 0.29) is 6.03 Å². The van der Waals surface area contributed by atoms with Crippen LogP contribution in [0.2, 0.25) is 0 Å². The van der Waals surface area contributed by atoms with Gasteiger partial charge in [-0.15, -0.1) is 0 Å². The lowest BCUT2D eigenvalue weighted by molar-refractivity contribution is -0.141. The van der Waals surface area contributed by atoms with Gasteiger partial charge in [0.15, 0.2) is 0 Å². The van der Waals surface area contributed by atoms with Crippen molar-refractivity contribution < 1.29 is 19.4 Å². The van der Waals surface area contributed by atoms with Crippen LogP contribution >= 0.6 is 0 Å². The molecule has 2 N–H and O–H groups in total. The summed E-state index contributed by atoms with van der Waals surface area (Å²) in [7, 11) is 3.21. The van der Waals surface area contributed by atoms with Gasteiger partial charge in [-0.3, -0.25) is 9.69 Å². The molecule has 1 rings (SSSR count). The quantitative estimate of drug-likeness (QED) is 0.834. The molecule has 110 valence electrons. The first kappa shape index (κ1) is 15.8. The van der Waals surface area contributed by atoms with Gasteiger partial charge in [0.2, 0.25) is 0 Å². The first-order valence-electron chi connectivity index (χ1n) is 6.34. The van der Waals surface area contributed by atoms with Gasteiger partial charge in [-0.2, -0.15) is 0 Å². The smallest absolute Gasteiger partial charge is 0.321 e. The zero-order valence-corrected chi connectivity index (χ0v) is 11.9. The topological polar surface area (TPSA) is 78.9 Å². The molecule has 0 aromatic heterocycles. The van der Waals surface area contributed by atoms with Gasteiger partial charge in [0, 0.05) is 25.3 Å². The Morgan fingerprint density at radius 2 is 2.15 bits per heavy atom. The fraction of sp³-hybridized carbons (Fsp3) is 0.429. The van der Waals surface area contributed by atoms with Gasteiger partial charge in [-0.25, -0.2) is 4.79 Å². The van der Waals surface area contributed by atoms with Crippen molar-refractivity contribution in [1.82, 2.24) is 5.32 Å². The Labute approximate surface area is 118 Å². The number of anilines is 1. The molecule has 0 aliphatic heterocycles. The van der Waals surface area contributed by atoms with E-state index in [4.69, 9.17) is 9.84 Å². The second kappa shape index (κ2) is 7.37. The van der Waals surface area contributed by atoms with Gasteiger partial charge in [-0.05, 0) is 18.6 Å². The summed E-state index contributed by atoms with van der Waals surface area (Å²) in [5.41, 5.74) is 0.702. The summed E-state index contributed by atoms with van der Waals surface area (Å²) in [5, 5.41) is 11.4. The van der Waals surface area contributed by atoms with Crippen LogP contribution < -0.4 is 15.0 Å². The Morgan fingerprint density at radius 1 is 1.45 bits per heavy atom. The van der Waals surface area contributed by atoms with Crippen molar-refractivity contribution in [3.63, 3.8) is 0 Å². The van der Waals surface area contributed by atoms with Gasteiger partial charge in [0.25, 0.3) is 0 Å². The van der Waals surface area contributed by atoms with Gasteiger partial charge in [-0.1, -0.05) is 13.0 Å². The highest BCUT2D eigenvalue weighted by atomic mass is 16.5. The molecule has 0 bridgehead atoms. The molecule has 2 amide bonds. The average molecular weight is 280 g/mol. The second-order valence-corrected chi connectivity index (χ2v) is 4.52. The standard InChI is InChI=1S/C14H20N2O4/c1-10(13(17)18)7-8-15-14(19)16(2)11-5-4-6-12(9-11)20-3/h4-6,9-10H,7-8H2,1-3H3,(H,15,19)(H,17,18). The van der Waals surface area contributed by atoms with E-state index in [1.165, 1.54) is 4.90 Å². The molecule has 0 saturated carbocycles. The molecule has 1 aromatic rings. The number of ether oxygens (including phenoxy) is 1.